The van der Waals surface area contributed by atoms with Crippen molar-refractivity contribution in [2.75, 3.05) is 17.7 Å². The predicted octanol–water partition coefficient (Wildman–Crippen LogP) is 3.67. The summed E-state index contributed by atoms with van der Waals surface area (Å²) in [6.07, 6.45) is 0. The van der Waals surface area contributed by atoms with E-state index < -0.39 is 0 Å². The molecule has 2 aromatic carbocycles. The van der Waals surface area contributed by atoms with Gasteiger partial charge in [0.05, 0.1) is 5.69 Å². The van der Waals surface area contributed by atoms with Crippen LogP contribution < -0.4 is 10.6 Å². The third kappa shape index (κ3) is 3.01. The molecule has 0 aromatic heterocycles. The summed E-state index contributed by atoms with van der Waals surface area (Å²) in [6, 6.07) is 16.2. The summed E-state index contributed by atoms with van der Waals surface area (Å²) in [4.78, 5) is 2.20. The second kappa shape index (κ2) is 5.23. The molecule has 2 N–H and O–H groups in total. The van der Waals surface area contributed by atoms with E-state index in [1.807, 2.05) is 24.3 Å². The van der Waals surface area contributed by atoms with Gasteiger partial charge in [0.15, 0.2) is 0 Å². The Morgan fingerprint density at radius 2 is 1.71 bits per heavy atom. The van der Waals surface area contributed by atoms with Crippen LogP contribution >= 0.6 is 15.9 Å². The lowest BCUT2D eigenvalue weighted by Gasteiger charge is -2.20. The van der Waals surface area contributed by atoms with Gasteiger partial charge in [0, 0.05) is 23.8 Å². The fraction of sp³-hybridized carbons (Fsp3) is 0.143. The molecular formula is C14H15BrN2. The van der Waals surface area contributed by atoms with Crippen LogP contribution in [-0.2, 0) is 6.54 Å². The SMILES string of the molecule is CN(Cc1ccc(N)cc1)c1ccccc1Br. The van der Waals surface area contributed by atoms with Gasteiger partial charge in [-0.1, -0.05) is 24.3 Å². The summed E-state index contributed by atoms with van der Waals surface area (Å²) >= 11 is 3.56. The van der Waals surface area contributed by atoms with Crippen LogP contribution in [0.3, 0.4) is 0 Å². The van der Waals surface area contributed by atoms with Crippen LogP contribution in [0.5, 0.6) is 0 Å². The first-order valence-corrected chi connectivity index (χ1v) is 6.26. The van der Waals surface area contributed by atoms with Crippen LogP contribution in [0.2, 0.25) is 0 Å². The molecule has 2 aromatic rings. The molecule has 0 bridgehead atoms. The fourth-order valence-corrected chi connectivity index (χ4v) is 2.33. The van der Waals surface area contributed by atoms with E-state index in [1.165, 1.54) is 11.3 Å². The van der Waals surface area contributed by atoms with Gasteiger partial charge in [-0.15, -0.1) is 0 Å². The average molecular weight is 291 g/mol. The second-order valence-corrected chi connectivity index (χ2v) is 4.90. The first-order chi connectivity index (χ1) is 8.16. The Labute approximate surface area is 110 Å². The molecule has 0 atom stereocenters. The van der Waals surface area contributed by atoms with Gasteiger partial charge >= 0.3 is 0 Å². The molecule has 0 fully saturated rings. The Morgan fingerprint density at radius 1 is 1.06 bits per heavy atom. The van der Waals surface area contributed by atoms with E-state index in [-0.39, 0.29) is 0 Å². The van der Waals surface area contributed by atoms with Gasteiger partial charge in [-0.05, 0) is 45.8 Å². The molecule has 0 amide bonds. The molecule has 0 saturated heterocycles. The van der Waals surface area contributed by atoms with Crippen molar-refractivity contribution in [3.8, 4) is 0 Å². The summed E-state index contributed by atoms with van der Waals surface area (Å²) in [5.74, 6) is 0. The number of rotatable bonds is 3. The maximum absolute atomic E-state index is 5.67. The zero-order valence-corrected chi connectivity index (χ0v) is 11.3. The molecule has 0 saturated carbocycles. The molecule has 0 spiro atoms. The van der Waals surface area contributed by atoms with E-state index in [0.717, 1.165) is 16.7 Å². The summed E-state index contributed by atoms with van der Waals surface area (Å²) in [7, 11) is 2.08. The van der Waals surface area contributed by atoms with Crippen molar-refractivity contribution in [1.82, 2.24) is 0 Å². The fourth-order valence-electron chi connectivity index (χ4n) is 1.74. The second-order valence-electron chi connectivity index (χ2n) is 4.05. The summed E-state index contributed by atoms with van der Waals surface area (Å²) in [5.41, 5.74) is 8.91. The van der Waals surface area contributed by atoms with E-state index in [2.05, 4.69) is 52.1 Å². The zero-order valence-electron chi connectivity index (χ0n) is 9.73. The van der Waals surface area contributed by atoms with Gasteiger partial charge in [-0.2, -0.15) is 0 Å². The Morgan fingerprint density at radius 3 is 2.35 bits per heavy atom. The number of nitrogen functional groups attached to an aromatic ring is 1. The molecule has 0 radical (unpaired) electrons. The van der Waals surface area contributed by atoms with Gasteiger partial charge < -0.3 is 10.6 Å². The number of halogens is 1. The standard InChI is InChI=1S/C14H15BrN2/c1-17(14-5-3-2-4-13(14)15)10-11-6-8-12(16)9-7-11/h2-9H,10,16H2,1H3. The number of hydrogen-bond donors (Lipinski definition) is 1. The number of nitrogens with two attached hydrogens (primary N) is 1. The highest BCUT2D eigenvalue weighted by Crippen LogP contribution is 2.25. The molecule has 88 valence electrons. The van der Waals surface area contributed by atoms with E-state index in [1.54, 1.807) is 0 Å². The molecule has 0 aliphatic carbocycles. The van der Waals surface area contributed by atoms with Gasteiger partial charge in [-0.3, -0.25) is 0 Å². The summed E-state index contributed by atoms with van der Waals surface area (Å²) in [5, 5.41) is 0. The van der Waals surface area contributed by atoms with Crippen molar-refractivity contribution in [2.45, 2.75) is 6.54 Å². The molecule has 17 heavy (non-hydrogen) atoms. The molecule has 3 heteroatoms. The molecule has 0 unspecified atom stereocenters. The third-order valence-electron chi connectivity index (χ3n) is 2.66. The Balaban J connectivity index is 2.14. The highest BCUT2D eigenvalue weighted by molar-refractivity contribution is 9.10. The lowest BCUT2D eigenvalue weighted by molar-refractivity contribution is 0.920. The van der Waals surface area contributed by atoms with Crippen molar-refractivity contribution < 1.29 is 0 Å². The van der Waals surface area contributed by atoms with Crippen LogP contribution in [0.4, 0.5) is 11.4 Å². The molecule has 0 aliphatic rings. The van der Waals surface area contributed by atoms with E-state index in [0.29, 0.717) is 0 Å². The highest BCUT2D eigenvalue weighted by atomic mass is 79.9. The first kappa shape index (κ1) is 12.0. The molecule has 0 aliphatic heterocycles. The normalized spacial score (nSPS) is 10.2. The minimum Gasteiger partial charge on any atom is -0.399 e. The molecular weight excluding hydrogens is 276 g/mol. The minimum absolute atomic E-state index is 0.803. The third-order valence-corrected chi connectivity index (χ3v) is 3.33. The van der Waals surface area contributed by atoms with Gasteiger partial charge in [0.1, 0.15) is 0 Å². The topological polar surface area (TPSA) is 29.3 Å². The smallest absolute Gasteiger partial charge is 0.0511 e. The van der Waals surface area contributed by atoms with Crippen LogP contribution in [0, 0.1) is 0 Å². The zero-order chi connectivity index (χ0) is 12.3. The lowest BCUT2D eigenvalue weighted by atomic mass is 10.2. The van der Waals surface area contributed by atoms with Gasteiger partial charge in [0.2, 0.25) is 0 Å². The number of anilines is 2. The monoisotopic (exact) mass is 290 g/mol. The van der Waals surface area contributed by atoms with E-state index in [4.69, 9.17) is 5.73 Å². The Kier molecular flexibility index (Phi) is 3.69. The van der Waals surface area contributed by atoms with Crippen molar-refractivity contribution in [2.24, 2.45) is 0 Å². The quantitative estimate of drug-likeness (QED) is 0.874. The van der Waals surface area contributed by atoms with Crippen molar-refractivity contribution >= 4 is 27.3 Å². The number of nitrogens with zero attached hydrogens (tertiary/aromatic N) is 1. The maximum atomic E-state index is 5.67. The molecule has 2 rings (SSSR count). The number of benzene rings is 2. The van der Waals surface area contributed by atoms with Crippen molar-refractivity contribution in [1.29, 1.82) is 0 Å². The van der Waals surface area contributed by atoms with Crippen LogP contribution in [-0.4, -0.2) is 7.05 Å². The lowest BCUT2D eigenvalue weighted by Crippen LogP contribution is -2.16. The predicted molar refractivity (Wildman–Crippen MR) is 77.1 cm³/mol. The largest absolute Gasteiger partial charge is 0.399 e. The van der Waals surface area contributed by atoms with Crippen LogP contribution in [0.1, 0.15) is 5.56 Å². The molecule has 0 heterocycles. The summed E-state index contributed by atoms with van der Waals surface area (Å²) in [6.45, 7) is 0.864. The maximum Gasteiger partial charge on any atom is 0.0511 e. The van der Waals surface area contributed by atoms with Gasteiger partial charge in [0.25, 0.3) is 0 Å². The van der Waals surface area contributed by atoms with E-state index >= 15 is 0 Å². The van der Waals surface area contributed by atoms with Gasteiger partial charge in [-0.25, -0.2) is 0 Å². The first-order valence-electron chi connectivity index (χ1n) is 5.47. The number of hydrogen-bond acceptors (Lipinski definition) is 2. The van der Waals surface area contributed by atoms with Crippen molar-refractivity contribution in [3.05, 3.63) is 58.6 Å². The van der Waals surface area contributed by atoms with E-state index in [9.17, 15) is 0 Å². The van der Waals surface area contributed by atoms with Crippen LogP contribution in [0.15, 0.2) is 53.0 Å². The Hall–Kier alpha value is -1.48. The number of para-hydroxylation sites is 1. The average Bonchev–Trinajstić information content (AvgIpc) is 2.32. The van der Waals surface area contributed by atoms with Crippen LogP contribution in [0.25, 0.3) is 0 Å². The Bertz CT molecular complexity index is 494. The molecule has 2 nitrogen and oxygen atoms in total. The highest BCUT2D eigenvalue weighted by Gasteiger charge is 2.05. The minimum atomic E-state index is 0.803. The summed E-state index contributed by atoms with van der Waals surface area (Å²) < 4.78 is 1.11. The van der Waals surface area contributed by atoms with Crippen molar-refractivity contribution in [3.63, 3.8) is 0 Å².